The fourth-order valence-corrected chi connectivity index (χ4v) is 2.97. The maximum Gasteiger partial charge on any atom is 0.433 e. The van der Waals surface area contributed by atoms with Gasteiger partial charge < -0.3 is 20.4 Å². The van der Waals surface area contributed by atoms with Gasteiger partial charge in [-0.2, -0.15) is 13.2 Å². The number of imidazole rings is 1. The van der Waals surface area contributed by atoms with Crippen molar-refractivity contribution in [1.29, 1.82) is 0 Å². The van der Waals surface area contributed by atoms with E-state index in [1.165, 1.54) is 6.07 Å². The van der Waals surface area contributed by atoms with Crippen LogP contribution in [0.1, 0.15) is 11.3 Å². The van der Waals surface area contributed by atoms with Gasteiger partial charge in [0.05, 0.1) is 17.2 Å². The monoisotopic (exact) mass is 413 g/mol. The van der Waals surface area contributed by atoms with Gasteiger partial charge in [0.15, 0.2) is 0 Å². The van der Waals surface area contributed by atoms with E-state index < -0.39 is 11.9 Å². The SMILES string of the molecule is Cn1c(NCc2ccc(Oc3ccc(C(F)(F)F)nc3)cc2)nc2ccc(N)cc21. The molecule has 2 aromatic heterocycles. The molecule has 0 atom stereocenters. The molecule has 9 heteroatoms. The van der Waals surface area contributed by atoms with Gasteiger partial charge in [-0.05, 0) is 48.0 Å². The number of hydrogen-bond acceptors (Lipinski definition) is 5. The van der Waals surface area contributed by atoms with Crippen molar-refractivity contribution in [3.8, 4) is 11.5 Å². The van der Waals surface area contributed by atoms with Gasteiger partial charge in [0.25, 0.3) is 0 Å². The predicted molar refractivity (Wildman–Crippen MR) is 108 cm³/mol. The van der Waals surface area contributed by atoms with E-state index in [0.29, 0.717) is 23.9 Å². The number of aromatic nitrogens is 3. The fourth-order valence-electron chi connectivity index (χ4n) is 2.97. The Morgan fingerprint density at radius 3 is 2.43 bits per heavy atom. The van der Waals surface area contributed by atoms with Crippen molar-refractivity contribution in [2.24, 2.45) is 7.05 Å². The van der Waals surface area contributed by atoms with Gasteiger partial charge in [0, 0.05) is 19.3 Å². The number of alkyl halides is 3. The summed E-state index contributed by atoms with van der Waals surface area (Å²) in [6.07, 6.45) is -3.42. The predicted octanol–water partition coefficient (Wildman–Crippen LogP) is 4.97. The Hall–Kier alpha value is -3.75. The molecular weight excluding hydrogens is 395 g/mol. The Morgan fingerprint density at radius 2 is 1.77 bits per heavy atom. The number of hydrogen-bond donors (Lipinski definition) is 2. The molecule has 0 fully saturated rings. The highest BCUT2D eigenvalue weighted by atomic mass is 19.4. The van der Waals surface area contributed by atoms with Gasteiger partial charge in [-0.25, -0.2) is 9.97 Å². The van der Waals surface area contributed by atoms with Crippen LogP contribution in [0.25, 0.3) is 11.0 Å². The number of nitrogens with zero attached hydrogens (tertiary/aromatic N) is 3. The number of fused-ring (bicyclic) bond motifs is 1. The number of pyridine rings is 1. The van der Waals surface area contributed by atoms with Crippen LogP contribution in [-0.4, -0.2) is 14.5 Å². The summed E-state index contributed by atoms with van der Waals surface area (Å²) in [5.41, 5.74) is 8.33. The zero-order chi connectivity index (χ0) is 21.3. The molecule has 0 saturated heterocycles. The fraction of sp³-hybridized carbons (Fsp3) is 0.143. The van der Waals surface area contributed by atoms with Gasteiger partial charge in [-0.3, -0.25) is 0 Å². The molecule has 0 radical (unpaired) electrons. The van der Waals surface area contributed by atoms with Crippen LogP contribution in [0.2, 0.25) is 0 Å². The van der Waals surface area contributed by atoms with E-state index in [0.717, 1.165) is 28.9 Å². The Balaban J connectivity index is 1.40. The normalized spacial score (nSPS) is 11.6. The number of halogens is 3. The summed E-state index contributed by atoms with van der Waals surface area (Å²) >= 11 is 0. The minimum Gasteiger partial charge on any atom is -0.456 e. The first kappa shape index (κ1) is 19.6. The van der Waals surface area contributed by atoms with Crippen LogP contribution in [0.15, 0.2) is 60.8 Å². The minimum atomic E-state index is -4.47. The second kappa shape index (κ2) is 7.58. The van der Waals surface area contributed by atoms with Gasteiger partial charge >= 0.3 is 6.18 Å². The largest absolute Gasteiger partial charge is 0.456 e. The van der Waals surface area contributed by atoms with Crippen LogP contribution >= 0.6 is 0 Å². The number of nitrogen functional groups attached to an aromatic ring is 1. The number of nitrogens with two attached hydrogens (primary N) is 1. The van der Waals surface area contributed by atoms with Gasteiger partial charge in [0.2, 0.25) is 5.95 Å². The standard InChI is InChI=1S/C21H18F3N5O/c1-29-18-10-14(25)4-8-17(18)28-20(29)27-11-13-2-5-15(6-3-13)30-16-7-9-19(26-12-16)21(22,23)24/h2-10,12H,11,25H2,1H3,(H,27,28). The topological polar surface area (TPSA) is 78.0 Å². The number of benzene rings is 2. The van der Waals surface area contributed by atoms with Crippen molar-refractivity contribution in [3.63, 3.8) is 0 Å². The Morgan fingerprint density at radius 1 is 1.03 bits per heavy atom. The van der Waals surface area contributed by atoms with E-state index in [4.69, 9.17) is 10.5 Å². The molecule has 4 aromatic rings. The number of anilines is 2. The molecule has 30 heavy (non-hydrogen) atoms. The van der Waals surface area contributed by atoms with Crippen LogP contribution < -0.4 is 15.8 Å². The lowest BCUT2D eigenvalue weighted by Gasteiger charge is -2.09. The molecule has 4 rings (SSSR count). The summed E-state index contributed by atoms with van der Waals surface area (Å²) in [7, 11) is 1.91. The summed E-state index contributed by atoms with van der Waals surface area (Å²) in [5.74, 6) is 1.44. The molecule has 6 nitrogen and oxygen atoms in total. The highest BCUT2D eigenvalue weighted by Gasteiger charge is 2.32. The molecule has 0 spiro atoms. The molecule has 3 N–H and O–H groups in total. The molecule has 154 valence electrons. The van der Waals surface area contributed by atoms with Crippen molar-refractivity contribution in [2.75, 3.05) is 11.1 Å². The molecule has 2 aromatic carbocycles. The molecule has 0 aliphatic carbocycles. The number of nitrogens with one attached hydrogen (secondary N) is 1. The average Bonchev–Trinajstić information content (AvgIpc) is 3.02. The van der Waals surface area contributed by atoms with E-state index in [1.54, 1.807) is 12.1 Å². The number of aryl methyl sites for hydroxylation is 1. The first-order valence-electron chi connectivity index (χ1n) is 9.05. The Bertz CT molecular complexity index is 1170. The maximum absolute atomic E-state index is 12.6. The lowest BCUT2D eigenvalue weighted by molar-refractivity contribution is -0.141. The van der Waals surface area contributed by atoms with Crippen molar-refractivity contribution < 1.29 is 17.9 Å². The van der Waals surface area contributed by atoms with Crippen LogP contribution in [0.3, 0.4) is 0 Å². The summed E-state index contributed by atoms with van der Waals surface area (Å²) < 4.78 is 45.2. The van der Waals surface area contributed by atoms with Crippen molar-refractivity contribution in [2.45, 2.75) is 12.7 Å². The molecule has 0 aliphatic heterocycles. The molecular formula is C21H18F3N5O. The third kappa shape index (κ3) is 4.14. The zero-order valence-electron chi connectivity index (χ0n) is 15.9. The molecule has 0 bridgehead atoms. The minimum absolute atomic E-state index is 0.229. The summed E-state index contributed by atoms with van der Waals surface area (Å²) in [6, 6.07) is 14.9. The van der Waals surface area contributed by atoms with Gasteiger partial charge in [0.1, 0.15) is 17.2 Å². The van der Waals surface area contributed by atoms with E-state index >= 15 is 0 Å². The van der Waals surface area contributed by atoms with Crippen LogP contribution in [0, 0.1) is 0 Å². The average molecular weight is 413 g/mol. The van der Waals surface area contributed by atoms with Crippen molar-refractivity contribution in [1.82, 2.24) is 14.5 Å². The Labute approximate surface area is 170 Å². The van der Waals surface area contributed by atoms with Crippen LogP contribution in [-0.2, 0) is 19.8 Å². The van der Waals surface area contributed by atoms with E-state index in [2.05, 4.69) is 15.3 Å². The third-order valence-electron chi connectivity index (χ3n) is 4.54. The third-order valence-corrected chi connectivity index (χ3v) is 4.54. The first-order chi connectivity index (χ1) is 14.3. The van der Waals surface area contributed by atoms with Crippen LogP contribution in [0.4, 0.5) is 24.8 Å². The van der Waals surface area contributed by atoms with E-state index in [9.17, 15) is 13.2 Å². The molecule has 2 heterocycles. The second-order valence-corrected chi connectivity index (χ2v) is 6.72. The van der Waals surface area contributed by atoms with Crippen molar-refractivity contribution >= 4 is 22.7 Å². The molecule has 0 aliphatic rings. The van der Waals surface area contributed by atoms with E-state index in [-0.39, 0.29) is 5.75 Å². The summed E-state index contributed by atoms with van der Waals surface area (Å²) in [6.45, 7) is 0.536. The van der Waals surface area contributed by atoms with Gasteiger partial charge in [-0.1, -0.05) is 12.1 Å². The van der Waals surface area contributed by atoms with E-state index in [1.807, 2.05) is 41.9 Å². The maximum atomic E-state index is 12.6. The molecule has 0 amide bonds. The molecule has 0 unspecified atom stereocenters. The summed E-state index contributed by atoms with van der Waals surface area (Å²) in [5, 5.41) is 3.28. The second-order valence-electron chi connectivity index (χ2n) is 6.72. The number of rotatable bonds is 5. The van der Waals surface area contributed by atoms with Crippen LogP contribution in [0.5, 0.6) is 11.5 Å². The highest BCUT2D eigenvalue weighted by Crippen LogP contribution is 2.29. The number of ether oxygens (including phenoxy) is 1. The quantitative estimate of drug-likeness (QED) is 0.452. The highest BCUT2D eigenvalue weighted by molar-refractivity contribution is 5.81. The smallest absolute Gasteiger partial charge is 0.433 e. The first-order valence-corrected chi connectivity index (χ1v) is 9.05. The summed E-state index contributed by atoms with van der Waals surface area (Å²) in [4.78, 5) is 7.93. The van der Waals surface area contributed by atoms with Crippen molar-refractivity contribution in [3.05, 3.63) is 72.1 Å². The molecule has 0 saturated carbocycles. The van der Waals surface area contributed by atoms with Gasteiger partial charge in [-0.15, -0.1) is 0 Å². The zero-order valence-corrected chi connectivity index (χ0v) is 15.9. The lowest BCUT2D eigenvalue weighted by Crippen LogP contribution is -2.07. The Kier molecular flexibility index (Phi) is 4.94. The lowest BCUT2D eigenvalue weighted by atomic mass is 10.2.